The maximum absolute atomic E-state index is 10.2. The SMILES string of the molecule is Cc1cc(O)c(C(O)CN2CCNCC2)cc1Cl. The summed E-state index contributed by atoms with van der Waals surface area (Å²) in [6, 6.07) is 3.25. The number of benzene rings is 1. The summed E-state index contributed by atoms with van der Waals surface area (Å²) in [5.74, 6) is 0.111. The summed E-state index contributed by atoms with van der Waals surface area (Å²) in [6.45, 7) is 6.05. The van der Waals surface area contributed by atoms with Gasteiger partial charge in [0.25, 0.3) is 0 Å². The van der Waals surface area contributed by atoms with E-state index < -0.39 is 6.10 Å². The van der Waals surface area contributed by atoms with Crippen molar-refractivity contribution in [1.29, 1.82) is 0 Å². The van der Waals surface area contributed by atoms with Crippen molar-refractivity contribution in [2.24, 2.45) is 0 Å². The van der Waals surface area contributed by atoms with E-state index in [1.165, 1.54) is 0 Å². The van der Waals surface area contributed by atoms with E-state index in [9.17, 15) is 10.2 Å². The molecule has 100 valence electrons. The Morgan fingerprint density at radius 3 is 2.72 bits per heavy atom. The number of rotatable bonds is 3. The zero-order valence-electron chi connectivity index (χ0n) is 10.5. The van der Waals surface area contributed by atoms with Gasteiger partial charge < -0.3 is 15.5 Å². The van der Waals surface area contributed by atoms with E-state index >= 15 is 0 Å². The van der Waals surface area contributed by atoms with Gasteiger partial charge in [0.1, 0.15) is 5.75 Å². The van der Waals surface area contributed by atoms with Crippen LogP contribution in [0.3, 0.4) is 0 Å². The number of piperazine rings is 1. The second-order valence-corrected chi connectivity index (χ2v) is 5.13. The molecule has 4 nitrogen and oxygen atoms in total. The van der Waals surface area contributed by atoms with Crippen molar-refractivity contribution < 1.29 is 10.2 Å². The van der Waals surface area contributed by atoms with Crippen LogP contribution in [0.15, 0.2) is 12.1 Å². The van der Waals surface area contributed by atoms with Gasteiger partial charge in [-0.1, -0.05) is 11.6 Å². The van der Waals surface area contributed by atoms with Crippen LogP contribution >= 0.6 is 11.6 Å². The third-order valence-electron chi connectivity index (χ3n) is 3.31. The third kappa shape index (κ3) is 3.14. The molecule has 1 atom stereocenters. The first-order valence-corrected chi connectivity index (χ1v) is 6.56. The molecular weight excluding hydrogens is 252 g/mol. The number of aryl methyl sites for hydroxylation is 1. The number of aliphatic hydroxyl groups excluding tert-OH is 1. The van der Waals surface area contributed by atoms with Crippen molar-refractivity contribution in [3.05, 3.63) is 28.3 Å². The van der Waals surface area contributed by atoms with E-state index in [0.717, 1.165) is 31.7 Å². The molecule has 5 heteroatoms. The van der Waals surface area contributed by atoms with Crippen molar-refractivity contribution in [3.63, 3.8) is 0 Å². The maximum Gasteiger partial charge on any atom is 0.121 e. The third-order valence-corrected chi connectivity index (χ3v) is 3.71. The van der Waals surface area contributed by atoms with Gasteiger partial charge in [0.15, 0.2) is 0 Å². The highest BCUT2D eigenvalue weighted by Gasteiger charge is 2.19. The quantitative estimate of drug-likeness (QED) is 0.775. The molecular formula is C13H19ClN2O2. The lowest BCUT2D eigenvalue weighted by Crippen LogP contribution is -2.44. The monoisotopic (exact) mass is 270 g/mol. The Morgan fingerprint density at radius 1 is 1.39 bits per heavy atom. The molecule has 0 bridgehead atoms. The molecule has 2 rings (SSSR count). The summed E-state index contributed by atoms with van der Waals surface area (Å²) in [4.78, 5) is 2.17. The van der Waals surface area contributed by atoms with E-state index in [-0.39, 0.29) is 5.75 Å². The van der Waals surface area contributed by atoms with Gasteiger partial charge in [-0.15, -0.1) is 0 Å². The maximum atomic E-state index is 10.2. The molecule has 1 unspecified atom stereocenters. The Morgan fingerprint density at radius 2 is 2.06 bits per heavy atom. The van der Waals surface area contributed by atoms with Gasteiger partial charge in [0, 0.05) is 43.3 Å². The van der Waals surface area contributed by atoms with Crippen LogP contribution in [-0.2, 0) is 0 Å². The fraction of sp³-hybridized carbons (Fsp3) is 0.538. The molecule has 18 heavy (non-hydrogen) atoms. The van der Waals surface area contributed by atoms with Crippen molar-refractivity contribution in [3.8, 4) is 5.75 Å². The molecule has 1 aliphatic rings. The van der Waals surface area contributed by atoms with Crippen LogP contribution in [0.25, 0.3) is 0 Å². The molecule has 0 radical (unpaired) electrons. The molecule has 0 amide bonds. The Hall–Kier alpha value is -0.810. The van der Waals surface area contributed by atoms with Crippen molar-refractivity contribution in [2.45, 2.75) is 13.0 Å². The summed E-state index contributed by atoms with van der Waals surface area (Å²) >= 11 is 6.03. The second-order valence-electron chi connectivity index (χ2n) is 4.73. The normalized spacial score (nSPS) is 18.8. The zero-order chi connectivity index (χ0) is 13.1. The minimum absolute atomic E-state index is 0.111. The molecule has 1 aromatic carbocycles. The number of phenols is 1. The van der Waals surface area contributed by atoms with E-state index in [4.69, 9.17) is 11.6 Å². The minimum atomic E-state index is -0.707. The number of aliphatic hydroxyl groups is 1. The van der Waals surface area contributed by atoms with E-state index in [2.05, 4.69) is 10.2 Å². The van der Waals surface area contributed by atoms with Gasteiger partial charge in [0.2, 0.25) is 0 Å². The standard InChI is InChI=1S/C13H19ClN2O2/c1-9-6-12(17)10(7-11(9)14)13(18)8-16-4-2-15-3-5-16/h6-7,13,15,17-18H,2-5,8H2,1H3. The summed E-state index contributed by atoms with van der Waals surface area (Å²) in [7, 11) is 0. The second kappa shape index (κ2) is 5.89. The molecule has 1 saturated heterocycles. The topological polar surface area (TPSA) is 55.7 Å². The van der Waals surface area contributed by atoms with Crippen LogP contribution in [0.5, 0.6) is 5.75 Å². The summed E-state index contributed by atoms with van der Waals surface area (Å²) in [5.41, 5.74) is 1.32. The Kier molecular flexibility index (Phi) is 4.45. The fourth-order valence-electron chi connectivity index (χ4n) is 2.19. The van der Waals surface area contributed by atoms with Crippen LogP contribution in [0.4, 0.5) is 0 Å². The van der Waals surface area contributed by atoms with Gasteiger partial charge in [-0.25, -0.2) is 0 Å². The number of β-amino-alcohol motifs (C(OH)–C–C–N with tert-alkyl or cyclic N) is 1. The predicted molar refractivity (Wildman–Crippen MR) is 72.1 cm³/mol. The summed E-state index contributed by atoms with van der Waals surface area (Å²) in [5, 5.41) is 23.9. The van der Waals surface area contributed by atoms with Crippen LogP contribution in [0, 0.1) is 6.92 Å². The zero-order valence-corrected chi connectivity index (χ0v) is 11.2. The molecule has 1 fully saturated rings. The molecule has 1 aliphatic heterocycles. The van der Waals surface area contributed by atoms with Gasteiger partial charge in [0.05, 0.1) is 6.10 Å². The summed E-state index contributed by atoms with van der Waals surface area (Å²) < 4.78 is 0. The van der Waals surface area contributed by atoms with Crippen LogP contribution in [-0.4, -0.2) is 47.8 Å². The highest BCUT2D eigenvalue weighted by atomic mass is 35.5. The highest BCUT2D eigenvalue weighted by molar-refractivity contribution is 6.31. The van der Waals surface area contributed by atoms with Crippen molar-refractivity contribution in [2.75, 3.05) is 32.7 Å². The van der Waals surface area contributed by atoms with E-state index in [1.807, 2.05) is 6.92 Å². The highest BCUT2D eigenvalue weighted by Crippen LogP contribution is 2.30. The van der Waals surface area contributed by atoms with E-state index in [0.29, 0.717) is 17.1 Å². The van der Waals surface area contributed by atoms with Crippen molar-refractivity contribution in [1.82, 2.24) is 10.2 Å². The van der Waals surface area contributed by atoms with Crippen LogP contribution in [0.2, 0.25) is 5.02 Å². The number of nitrogens with zero attached hydrogens (tertiary/aromatic N) is 1. The van der Waals surface area contributed by atoms with Gasteiger partial charge in [-0.3, -0.25) is 4.90 Å². The number of phenolic OH excluding ortho intramolecular Hbond substituents is 1. The van der Waals surface area contributed by atoms with Gasteiger partial charge in [-0.05, 0) is 24.6 Å². The first-order chi connectivity index (χ1) is 8.58. The Labute approximate surface area is 112 Å². The average molecular weight is 271 g/mol. The lowest BCUT2D eigenvalue weighted by molar-refractivity contribution is 0.103. The number of aromatic hydroxyl groups is 1. The van der Waals surface area contributed by atoms with Crippen LogP contribution in [0.1, 0.15) is 17.2 Å². The largest absolute Gasteiger partial charge is 0.508 e. The number of hydrogen-bond acceptors (Lipinski definition) is 4. The number of halogens is 1. The molecule has 0 aliphatic carbocycles. The minimum Gasteiger partial charge on any atom is -0.508 e. The Bertz CT molecular complexity index is 420. The number of hydrogen-bond donors (Lipinski definition) is 3. The lowest BCUT2D eigenvalue weighted by Gasteiger charge is -2.29. The molecule has 0 spiro atoms. The average Bonchev–Trinajstić information content (AvgIpc) is 2.35. The van der Waals surface area contributed by atoms with Gasteiger partial charge in [-0.2, -0.15) is 0 Å². The molecule has 1 aromatic rings. The smallest absolute Gasteiger partial charge is 0.121 e. The van der Waals surface area contributed by atoms with Crippen LogP contribution < -0.4 is 5.32 Å². The Balaban J connectivity index is 2.08. The van der Waals surface area contributed by atoms with Crippen molar-refractivity contribution >= 4 is 11.6 Å². The molecule has 0 saturated carbocycles. The van der Waals surface area contributed by atoms with E-state index in [1.54, 1.807) is 12.1 Å². The first-order valence-electron chi connectivity index (χ1n) is 6.18. The first kappa shape index (κ1) is 13.6. The molecule has 1 heterocycles. The lowest BCUT2D eigenvalue weighted by atomic mass is 10.1. The molecule has 0 aromatic heterocycles. The summed E-state index contributed by atoms with van der Waals surface area (Å²) in [6.07, 6.45) is -0.707. The molecule has 3 N–H and O–H groups in total. The predicted octanol–water partition coefficient (Wildman–Crippen LogP) is 1.29. The number of nitrogens with one attached hydrogen (secondary N) is 1. The van der Waals surface area contributed by atoms with Gasteiger partial charge >= 0.3 is 0 Å². The fourth-order valence-corrected chi connectivity index (χ4v) is 2.36.